The molecule has 0 saturated carbocycles. The zero-order valence-corrected chi connectivity index (χ0v) is 14.6. The third-order valence-corrected chi connectivity index (χ3v) is 5.42. The van der Waals surface area contributed by atoms with E-state index in [0.717, 1.165) is 40.9 Å². The molecule has 4 nitrogen and oxygen atoms in total. The summed E-state index contributed by atoms with van der Waals surface area (Å²) in [4.78, 5) is 21.4. The Morgan fingerprint density at radius 2 is 1.88 bits per heavy atom. The van der Waals surface area contributed by atoms with Gasteiger partial charge in [-0.15, -0.1) is 0 Å². The fourth-order valence-electron chi connectivity index (χ4n) is 3.92. The van der Waals surface area contributed by atoms with Crippen LogP contribution in [0.15, 0.2) is 60.9 Å². The van der Waals surface area contributed by atoms with E-state index in [0.29, 0.717) is 6.54 Å². The molecule has 0 unspecified atom stereocenters. The summed E-state index contributed by atoms with van der Waals surface area (Å²) in [7, 11) is 2.11. The number of fused-ring (bicyclic) bond motifs is 2. The number of carbonyl (C=O) groups is 1. The summed E-state index contributed by atoms with van der Waals surface area (Å²) < 4.78 is 0. The molecule has 0 saturated heterocycles. The standard InChI is InChI=1S/C22H19N3O/c1-24-10-8-15-6-7-19(12-21(15)24)25-14-18-5-4-16(11-20(18)22(25)26)17-3-2-9-23-13-17/h2-7,9,11-13H,8,10,14H2,1H3. The van der Waals surface area contributed by atoms with Crippen molar-refractivity contribution in [3.63, 3.8) is 0 Å². The van der Waals surface area contributed by atoms with Gasteiger partial charge in [-0.05, 0) is 47.4 Å². The lowest BCUT2D eigenvalue weighted by atomic mass is 10.0. The third kappa shape index (κ3) is 2.30. The second-order valence-corrected chi connectivity index (χ2v) is 6.99. The highest BCUT2D eigenvalue weighted by Crippen LogP contribution is 2.35. The summed E-state index contributed by atoms with van der Waals surface area (Å²) in [6.45, 7) is 1.67. The Labute approximate surface area is 152 Å². The second kappa shape index (κ2) is 5.70. The number of likely N-dealkylation sites (N-methyl/N-ethyl adjacent to an activating group) is 1. The molecule has 2 aliphatic heterocycles. The van der Waals surface area contributed by atoms with E-state index in [-0.39, 0.29) is 5.91 Å². The van der Waals surface area contributed by atoms with Crippen LogP contribution in [0.1, 0.15) is 21.5 Å². The monoisotopic (exact) mass is 341 g/mol. The quantitative estimate of drug-likeness (QED) is 0.709. The summed E-state index contributed by atoms with van der Waals surface area (Å²) in [6, 6.07) is 16.4. The topological polar surface area (TPSA) is 36.4 Å². The molecule has 0 fully saturated rings. The number of benzene rings is 2. The van der Waals surface area contributed by atoms with Crippen molar-refractivity contribution in [2.24, 2.45) is 0 Å². The molecule has 2 aromatic carbocycles. The van der Waals surface area contributed by atoms with Crippen molar-refractivity contribution in [2.75, 3.05) is 23.4 Å². The van der Waals surface area contributed by atoms with Crippen LogP contribution in [0.4, 0.5) is 11.4 Å². The molecule has 1 amide bonds. The molecule has 0 N–H and O–H groups in total. The highest BCUT2D eigenvalue weighted by atomic mass is 16.2. The van der Waals surface area contributed by atoms with Gasteiger partial charge in [-0.25, -0.2) is 0 Å². The Morgan fingerprint density at radius 1 is 1.00 bits per heavy atom. The fourth-order valence-corrected chi connectivity index (χ4v) is 3.92. The van der Waals surface area contributed by atoms with E-state index >= 15 is 0 Å². The molecule has 4 heteroatoms. The fraction of sp³-hybridized carbons (Fsp3) is 0.182. The minimum atomic E-state index is 0.0753. The maximum atomic E-state index is 13.1. The minimum absolute atomic E-state index is 0.0753. The lowest BCUT2D eigenvalue weighted by molar-refractivity contribution is 0.0996. The van der Waals surface area contributed by atoms with Gasteiger partial charge >= 0.3 is 0 Å². The highest BCUT2D eigenvalue weighted by molar-refractivity contribution is 6.10. The zero-order valence-electron chi connectivity index (χ0n) is 14.6. The molecule has 0 radical (unpaired) electrons. The maximum Gasteiger partial charge on any atom is 0.258 e. The maximum absolute atomic E-state index is 13.1. The molecule has 0 atom stereocenters. The number of aromatic nitrogens is 1. The number of hydrogen-bond acceptors (Lipinski definition) is 3. The van der Waals surface area contributed by atoms with E-state index in [1.807, 2.05) is 29.3 Å². The Morgan fingerprint density at radius 3 is 2.73 bits per heavy atom. The lowest BCUT2D eigenvalue weighted by Gasteiger charge is -2.19. The smallest absolute Gasteiger partial charge is 0.258 e. The summed E-state index contributed by atoms with van der Waals surface area (Å²) in [5.74, 6) is 0.0753. The van der Waals surface area contributed by atoms with Crippen molar-refractivity contribution < 1.29 is 4.79 Å². The first-order valence-electron chi connectivity index (χ1n) is 8.90. The molecular weight excluding hydrogens is 322 g/mol. The van der Waals surface area contributed by atoms with Gasteiger partial charge in [-0.2, -0.15) is 0 Å². The average Bonchev–Trinajstić information content (AvgIpc) is 3.22. The Kier molecular flexibility index (Phi) is 3.32. The summed E-state index contributed by atoms with van der Waals surface area (Å²) in [6.07, 6.45) is 4.67. The van der Waals surface area contributed by atoms with Crippen LogP contribution in [0.2, 0.25) is 0 Å². The summed E-state index contributed by atoms with van der Waals surface area (Å²) in [5.41, 5.74) is 7.50. The van der Waals surface area contributed by atoms with Gasteiger partial charge in [0.15, 0.2) is 0 Å². The molecule has 1 aromatic heterocycles. The van der Waals surface area contributed by atoms with Crippen LogP contribution >= 0.6 is 0 Å². The van der Waals surface area contributed by atoms with E-state index in [2.05, 4.69) is 47.3 Å². The van der Waals surface area contributed by atoms with Crippen LogP contribution in [0, 0.1) is 0 Å². The molecule has 3 heterocycles. The van der Waals surface area contributed by atoms with E-state index in [4.69, 9.17) is 0 Å². The first-order chi connectivity index (χ1) is 12.7. The summed E-state index contributed by atoms with van der Waals surface area (Å²) >= 11 is 0. The van der Waals surface area contributed by atoms with Crippen LogP contribution in [-0.4, -0.2) is 24.5 Å². The minimum Gasteiger partial charge on any atom is -0.374 e. The van der Waals surface area contributed by atoms with Crippen LogP contribution in [0.5, 0.6) is 0 Å². The molecule has 0 spiro atoms. The van der Waals surface area contributed by atoms with Crippen molar-refractivity contribution >= 4 is 17.3 Å². The van der Waals surface area contributed by atoms with Crippen molar-refractivity contribution in [2.45, 2.75) is 13.0 Å². The van der Waals surface area contributed by atoms with Gasteiger partial charge in [0, 0.05) is 48.5 Å². The van der Waals surface area contributed by atoms with Crippen molar-refractivity contribution in [1.29, 1.82) is 0 Å². The lowest BCUT2D eigenvalue weighted by Crippen LogP contribution is -2.23. The molecule has 5 rings (SSSR count). The van der Waals surface area contributed by atoms with E-state index in [1.165, 1.54) is 11.3 Å². The first kappa shape index (κ1) is 15.1. The van der Waals surface area contributed by atoms with Gasteiger partial charge in [0.05, 0.1) is 6.54 Å². The van der Waals surface area contributed by atoms with Crippen molar-refractivity contribution in [1.82, 2.24) is 4.98 Å². The van der Waals surface area contributed by atoms with Gasteiger partial charge in [0.1, 0.15) is 0 Å². The normalized spacial score (nSPS) is 15.3. The molecule has 128 valence electrons. The van der Waals surface area contributed by atoms with E-state index in [9.17, 15) is 4.79 Å². The Bertz CT molecular complexity index is 1010. The molecule has 3 aromatic rings. The third-order valence-electron chi connectivity index (χ3n) is 5.42. The number of hydrogen-bond donors (Lipinski definition) is 0. The SMILES string of the molecule is CN1CCc2ccc(N3Cc4ccc(-c5cccnc5)cc4C3=O)cc21. The predicted octanol–water partition coefficient (Wildman–Crippen LogP) is 3.90. The van der Waals surface area contributed by atoms with Crippen LogP contribution in [0.25, 0.3) is 11.1 Å². The van der Waals surface area contributed by atoms with Gasteiger partial charge < -0.3 is 9.80 Å². The highest BCUT2D eigenvalue weighted by Gasteiger charge is 2.30. The number of pyridine rings is 1. The van der Waals surface area contributed by atoms with Crippen LogP contribution in [-0.2, 0) is 13.0 Å². The molecule has 26 heavy (non-hydrogen) atoms. The molecule has 0 aliphatic carbocycles. The Balaban J connectivity index is 1.50. The summed E-state index contributed by atoms with van der Waals surface area (Å²) in [5, 5.41) is 0. The predicted molar refractivity (Wildman–Crippen MR) is 104 cm³/mol. The zero-order chi connectivity index (χ0) is 17.7. The van der Waals surface area contributed by atoms with Crippen LogP contribution < -0.4 is 9.80 Å². The van der Waals surface area contributed by atoms with Crippen molar-refractivity contribution in [3.8, 4) is 11.1 Å². The largest absolute Gasteiger partial charge is 0.374 e. The van der Waals surface area contributed by atoms with Gasteiger partial charge in [0.2, 0.25) is 0 Å². The number of nitrogens with zero attached hydrogens (tertiary/aromatic N) is 3. The average molecular weight is 341 g/mol. The van der Waals surface area contributed by atoms with E-state index < -0.39 is 0 Å². The van der Waals surface area contributed by atoms with Gasteiger partial charge in [0.25, 0.3) is 5.91 Å². The van der Waals surface area contributed by atoms with Crippen LogP contribution in [0.3, 0.4) is 0 Å². The first-order valence-corrected chi connectivity index (χ1v) is 8.90. The number of rotatable bonds is 2. The number of amides is 1. The number of anilines is 2. The molecule has 0 bridgehead atoms. The molecule has 2 aliphatic rings. The Hall–Kier alpha value is -3.14. The van der Waals surface area contributed by atoms with E-state index in [1.54, 1.807) is 6.20 Å². The van der Waals surface area contributed by atoms with Gasteiger partial charge in [-0.1, -0.05) is 24.3 Å². The number of carbonyl (C=O) groups excluding carboxylic acids is 1. The van der Waals surface area contributed by atoms with Gasteiger partial charge in [-0.3, -0.25) is 9.78 Å². The van der Waals surface area contributed by atoms with Crippen molar-refractivity contribution in [3.05, 3.63) is 77.6 Å². The molecular formula is C22H19N3O. The second-order valence-electron chi connectivity index (χ2n) is 6.99.